The maximum Gasteiger partial charge on any atom is 0.433 e. The fraction of sp³-hybridized carbons (Fsp3) is 0.474. The molecule has 0 N–H and O–H groups in total. The van der Waals surface area contributed by atoms with Crippen LogP contribution in [0.2, 0.25) is 0 Å². The van der Waals surface area contributed by atoms with Gasteiger partial charge in [0, 0.05) is 11.9 Å². The first-order valence-corrected chi connectivity index (χ1v) is 9.23. The number of hydrogen-bond donors (Lipinski definition) is 0. The van der Waals surface area contributed by atoms with E-state index < -0.39 is 17.5 Å². The first-order valence-electron chi connectivity index (χ1n) is 9.23. The van der Waals surface area contributed by atoms with Crippen molar-refractivity contribution in [2.75, 3.05) is 25.1 Å². The van der Waals surface area contributed by atoms with Gasteiger partial charge in [-0.2, -0.15) is 18.2 Å². The Morgan fingerprint density at radius 2 is 2.00 bits per heavy atom. The molecular formula is C19H19F4N5O2. The molecule has 2 aliphatic heterocycles. The summed E-state index contributed by atoms with van der Waals surface area (Å²) in [7, 11) is 1.48. The number of rotatable bonds is 4. The number of ether oxygens (including phenoxy) is 1. The van der Waals surface area contributed by atoms with Crippen molar-refractivity contribution < 1.29 is 27.1 Å². The molecule has 2 aromatic heterocycles. The van der Waals surface area contributed by atoms with Crippen molar-refractivity contribution in [3.05, 3.63) is 41.1 Å². The van der Waals surface area contributed by atoms with Crippen molar-refractivity contribution >= 4 is 11.6 Å². The van der Waals surface area contributed by atoms with Gasteiger partial charge in [-0.25, -0.2) is 9.37 Å². The fourth-order valence-corrected chi connectivity index (χ4v) is 3.77. The molecule has 0 aromatic carbocycles. The van der Waals surface area contributed by atoms with E-state index in [9.17, 15) is 18.0 Å². The molecule has 4 heterocycles. The average molecular weight is 425 g/mol. The van der Waals surface area contributed by atoms with E-state index in [0.717, 1.165) is 12.3 Å². The van der Waals surface area contributed by atoms with E-state index >= 15 is 4.39 Å². The highest BCUT2D eigenvalue weighted by molar-refractivity contribution is 5.79. The van der Waals surface area contributed by atoms with Gasteiger partial charge in [0.05, 0.1) is 51.0 Å². The van der Waals surface area contributed by atoms with E-state index in [0.29, 0.717) is 23.0 Å². The van der Waals surface area contributed by atoms with Crippen LogP contribution in [0.3, 0.4) is 0 Å². The van der Waals surface area contributed by atoms with Gasteiger partial charge >= 0.3 is 6.18 Å². The summed E-state index contributed by atoms with van der Waals surface area (Å²) in [5.74, 6) is 0.531. The van der Waals surface area contributed by atoms with E-state index in [1.54, 1.807) is 6.92 Å². The molecule has 0 saturated carbocycles. The van der Waals surface area contributed by atoms with E-state index in [2.05, 4.69) is 15.0 Å². The van der Waals surface area contributed by atoms with Crippen LogP contribution in [0, 0.1) is 6.92 Å². The molecule has 4 rings (SSSR count). The van der Waals surface area contributed by atoms with Crippen LogP contribution < -0.4 is 9.64 Å². The fourth-order valence-electron chi connectivity index (χ4n) is 3.77. The van der Waals surface area contributed by atoms with Crippen molar-refractivity contribution in [1.29, 1.82) is 0 Å². The van der Waals surface area contributed by atoms with Crippen LogP contribution in [0.25, 0.3) is 0 Å². The smallest absolute Gasteiger partial charge is 0.433 e. The molecule has 11 heteroatoms. The minimum absolute atomic E-state index is 0.164. The Bertz CT molecular complexity index is 991. The third-order valence-corrected chi connectivity index (χ3v) is 5.22. The van der Waals surface area contributed by atoms with Gasteiger partial charge in [-0.3, -0.25) is 9.78 Å². The summed E-state index contributed by atoms with van der Waals surface area (Å²) in [4.78, 5) is 27.4. The maximum absolute atomic E-state index is 15.0. The lowest BCUT2D eigenvalue weighted by atomic mass is 9.91. The van der Waals surface area contributed by atoms with E-state index in [4.69, 9.17) is 4.74 Å². The van der Waals surface area contributed by atoms with Crippen molar-refractivity contribution in [2.24, 2.45) is 0 Å². The molecule has 1 saturated heterocycles. The lowest BCUT2D eigenvalue weighted by Crippen LogP contribution is -2.60. The van der Waals surface area contributed by atoms with Gasteiger partial charge in [0.2, 0.25) is 11.8 Å². The Morgan fingerprint density at radius 3 is 2.67 bits per heavy atom. The summed E-state index contributed by atoms with van der Waals surface area (Å²) in [5, 5.41) is 0. The SMILES string of the molecule is COc1nc(C)nc2c1CN(C(=O)CC1(F)CN(c3ccnc(C(F)(F)F)c3)C1)C2. The minimum Gasteiger partial charge on any atom is -0.481 e. The zero-order valence-corrected chi connectivity index (χ0v) is 16.3. The number of aryl methyl sites for hydroxylation is 1. The lowest BCUT2D eigenvalue weighted by Gasteiger charge is -2.46. The van der Waals surface area contributed by atoms with Crippen LogP contribution in [-0.4, -0.2) is 51.6 Å². The topological polar surface area (TPSA) is 71.5 Å². The minimum atomic E-state index is -4.57. The number of methoxy groups -OCH3 is 1. The number of fused-ring (bicyclic) bond motifs is 1. The van der Waals surface area contributed by atoms with Gasteiger partial charge in [-0.15, -0.1) is 0 Å². The van der Waals surface area contributed by atoms with Crippen LogP contribution in [0.4, 0.5) is 23.2 Å². The number of aromatic nitrogens is 3. The standard InChI is InChI=1S/C19H19F4N5O2/c1-11-25-14-8-27(7-13(14)17(26-11)30-2)16(29)6-18(20)9-28(10-18)12-3-4-24-15(5-12)19(21,22)23/h3-5H,6-10H2,1-2H3. The Balaban J connectivity index is 1.39. The van der Waals surface area contributed by atoms with Crippen LogP contribution in [0.15, 0.2) is 18.3 Å². The van der Waals surface area contributed by atoms with E-state index in [1.165, 1.54) is 23.0 Å². The second-order valence-electron chi connectivity index (χ2n) is 7.54. The van der Waals surface area contributed by atoms with Gasteiger partial charge < -0.3 is 14.5 Å². The predicted octanol–water partition coefficient (Wildman–Crippen LogP) is 2.67. The van der Waals surface area contributed by atoms with Crippen molar-refractivity contribution in [2.45, 2.75) is 38.3 Å². The van der Waals surface area contributed by atoms with Crippen molar-refractivity contribution in [3.8, 4) is 5.88 Å². The normalized spacial score (nSPS) is 17.5. The second-order valence-corrected chi connectivity index (χ2v) is 7.54. The number of carbonyl (C=O) groups is 1. The maximum atomic E-state index is 15.0. The monoisotopic (exact) mass is 425 g/mol. The molecule has 0 atom stereocenters. The Morgan fingerprint density at radius 1 is 1.27 bits per heavy atom. The molecule has 0 unspecified atom stereocenters. The number of alkyl halides is 4. The van der Waals surface area contributed by atoms with Gasteiger partial charge in [-0.05, 0) is 19.1 Å². The van der Waals surface area contributed by atoms with E-state index in [-0.39, 0.29) is 44.2 Å². The first-order chi connectivity index (χ1) is 14.1. The molecule has 7 nitrogen and oxygen atoms in total. The quantitative estimate of drug-likeness (QED) is 0.702. The first kappa shape index (κ1) is 20.3. The number of pyridine rings is 1. The zero-order chi connectivity index (χ0) is 21.7. The number of nitrogens with zero attached hydrogens (tertiary/aromatic N) is 5. The number of anilines is 1. The molecular weight excluding hydrogens is 406 g/mol. The summed E-state index contributed by atoms with van der Waals surface area (Å²) < 4.78 is 58.7. The molecule has 0 spiro atoms. The number of amides is 1. The number of halogens is 4. The van der Waals surface area contributed by atoms with Gasteiger partial charge in [0.1, 0.15) is 11.5 Å². The van der Waals surface area contributed by atoms with Crippen LogP contribution >= 0.6 is 0 Å². The molecule has 160 valence electrons. The molecule has 0 aliphatic carbocycles. The van der Waals surface area contributed by atoms with Gasteiger partial charge in [0.25, 0.3) is 0 Å². The predicted molar refractivity (Wildman–Crippen MR) is 97.5 cm³/mol. The highest BCUT2D eigenvalue weighted by Crippen LogP contribution is 2.37. The number of carbonyl (C=O) groups excluding carboxylic acids is 1. The number of hydrogen-bond acceptors (Lipinski definition) is 6. The summed E-state index contributed by atoms with van der Waals surface area (Å²) in [6, 6.07) is 2.27. The average Bonchev–Trinajstić information content (AvgIpc) is 3.08. The zero-order valence-electron chi connectivity index (χ0n) is 16.3. The van der Waals surface area contributed by atoms with Gasteiger partial charge in [0.15, 0.2) is 5.67 Å². The summed E-state index contributed by atoms with van der Waals surface area (Å²) in [6.07, 6.45) is -3.89. The Labute approximate surface area is 169 Å². The molecule has 1 fully saturated rings. The summed E-state index contributed by atoms with van der Waals surface area (Å²) in [6.45, 7) is 1.87. The summed E-state index contributed by atoms with van der Waals surface area (Å²) >= 11 is 0. The third-order valence-electron chi connectivity index (χ3n) is 5.22. The highest BCUT2D eigenvalue weighted by Gasteiger charge is 2.47. The Hall–Kier alpha value is -2.98. The largest absolute Gasteiger partial charge is 0.481 e. The highest BCUT2D eigenvalue weighted by atomic mass is 19.4. The molecule has 2 aromatic rings. The van der Waals surface area contributed by atoms with Crippen LogP contribution in [0.5, 0.6) is 5.88 Å². The molecule has 0 bridgehead atoms. The molecule has 1 amide bonds. The van der Waals surface area contributed by atoms with Gasteiger partial charge in [-0.1, -0.05) is 0 Å². The van der Waals surface area contributed by atoms with Crippen LogP contribution in [0.1, 0.15) is 29.2 Å². The van der Waals surface area contributed by atoms with Crippen molar-refractivity contribution in [1.82, 2.24) is 19.9 Å². The van der Waals surface area contributed by atoms with E-state index in [1.807, 2.05) is 0 Å². The Kier molecular flexibility index (Phi) is 4.78. The molecule has 2 aliphatic rings. The molecule has 0 radical (unpaired) electrons. The van der Waals surface area contributed by atoms with Crippen LogP contribution in [-0.2, 0) is 24.1 Å². The molecule has 30 heavy (non-hydrogen) atoms. The lowest BCUT2D eigenvalue weighted by molar-refractivity contribution is -0.141. The third kappa shape index (κ3) is 3.75. The second kappa shape index (κ2) is 7.06. The van der Waals surface area contributed by atoms with Crippen molar-refractivity contribution in [3.63, 3.8) is 0 Å². The summed E-state index contributed by atoms with van der Waals surface area (Å²) in [5.41, 5.74) is -1.24.